The average molecular weight is 89.8 g/mol. The molecular weight excluding hydrogens is 89.8 g/mol. The fourth-order valence-corrected chi connectivity index (χ4v) is 0. The summed E-state index contributed by atoms with van der Waals surface area (Å²) >= 11 is 0. The summed E-state index contributed by atoms with van der Waals surface area (Å²) in [7, 11) is -3.37. The van der Waals surface area contributed by atoms with Crippen molar-refractivity contribution in [3.05, 3.63) is 0 Å². The summed E-state index contributed by atoms with van der Waals surface area (Å²) < 4.78 is 0. The first-order chi connectivity index (χ1) is 1.73. The van der Waals surface area contributed by atoms with Crippen molar-refractivity contribution < 1.29 is 14.7 Å². The van der Waals surface area contributed by atoms with Crippen LogP contribution in [0.3, 0.4) is 0 Å². The van der Waals surface area contributed by atoms with Gasteiger partial charge < -0.3 is 23.3 Å². The molecule has 0 aromatic carbocycles. The van der Waals surface area contributed by atoms with Gasteiger partial charge in [0.05, 0.1) is 0 Å². The maximum absolute atomic E-state index is 8.48. The zero-order chi connectivity index (χ0) is 3.58. The zero-order valence-corrected chi connectivity index (χ0v) is 3.14. The van der Waals surface area contributed by atoms with Crippen molar-refractivity contribution in [2.45, 2.75) is 0 Å². The van der Waals surface area contributed by atoms with Crippen molar-refractivity contribution in [3.63, 3.8) is 0 Å². The summed E-state index contributed by atoms with van der Waals surface area (Å²) in [4.78, 5) is 25.4. The fraction of sp³-hybridized carbons (Fsp3) is 0. The molecule has 5 heavy (non-hydrogen) atoms. The summed E-state index contributed by atoms with van der Waals surface area (Å²) in [5.41, 5.74) is 0. The quantitative estimate of drug-likeness (QED) is 0.234. The molecule has 0 rings (SSSR count). The minimum atomic E-state index is -3.37. The van der Waals surface area contributed by atoms with Gasteiger partial charge in [-0.05, 0) is 0 Å². The minimum Gasteiger partial charge on any atom is -0.854 e. The van der Waals surface area contributed by atoms with Gasteiger partial charge in [-0.25, -0.2) is 0 Å². The van der Waals surface area contributed by atoms with E-state index in [0.29, 0.717) is 0 Å². The van der Waals surface area contributed by atoms with E-state index in [1.54, 1.807) is 0 Å². The van der Waals surface area contributed by atoms with Gasteiger partial charge in [0.15, 0.2) is 0 Å². The van der Waals surface area contributed by atoms with Crippen molar-refractivity contribution in [1.82, 2.24) is 0 Å². The van der Waals surface area contributed by atoms with Crippen LogP contribution in [0.5, 0.6) is 0 Å². The van der Waals surface area contributed by atoms with Crippen LogP contribution in [0.25, 0.3) is 0 Å². The smallest absolute Gasteiger partial charge is 0.854 e. The molecule has 0 aliphatic heterocycles. The second-order valence-corrected chi connectivity index (χ2v) is 0.671. The molecule has 0 saturated carbocycles. The SMILES string of the molecule is [B+3].[O-]P([O-])[O-]. The second-order valence-electron chi connectivity index (χ2n) is 0.224. The Labute approximate surface area is 32.8 Å². The van der Waals surface area contributed by atoms with E-state index in [-0.39, 0.29) is 8.41 Å². The third-order valence-corrected chi connectivity index (χ3v) is 0. The standard InChI is InChI=1S/B.O3P/c;1-4(2)3/q+3;-3. The van der Waals surface area contributed by atoms with Crippen LogP contribution < -0.4 is 14.7 Å². The maximum Gasteiger partial charge on any atom is 3.00 e. The molecule has 0 bridgehead atoms. The topological polar surface area (TPSA) is 69.2 Å². The van der Waals surface area contributed by atoms with Crippen LogP contribution >= 0.6 is 8.60 Å². The largest absolute Gasteiger partial charge is 3.00 e. The fourth-order valence-electron chi connectivity index (χ4n) is 0. The van der Waals surface area contributed by atoms with E-state index in [1.807, 2.05) is 0 Å². The molecule has 0 saturated heterocycles. The monoisotopic (exact) mass is 90.0 g/mol. The Kier molecular flexibility index (Phi) is 7.90. The minimum absolute atomic E-state index is 0. The molecule has 0 N–H and O–H groups in total. The van der Waals surface area contributed by atoms with Gasteiger partial charge in [-0.2, -0.15) is 0 Å². The molecule has 0 unspecified atom stereocenters. The molecule has 5 heteroatoms. The Morgan fingerprint density at radius 1 is 1.00 bits per heavy atom. The molecule has 0 fully saturated rings. The van der Waals surface area contributed by atoms with Gasteiger partial charge in [0.1, 0.15) is 0 Å². The first-order valence-corrected chi connectivity index (χ1v) is 1.64. The first-order valence-electron chi connectivity index (χ1n) is 0.548. The van der Waals surface area contributed by atoms with Crippen LogP contribution in [0.1, 0.15) is 0 Å². The number of hydrogen-bond donors (Lipinski definition) is 0. The molecule has 26 valence electrons. The van der Waals surface area contributed by atoms with Crippen LogP contribution in [-0.2, 0) is 0 Å². The molecule has 0 aliphatic rings. The van der Waals surface area contributed by atoms with Crippen LogP contribution in [0.4, 0.5) is 0 Å². The third kappa shape index (κ3) is 176. The molecule has 0 spiro atoms. The third-order valence-electron chi connectivity index (χ3n) is 0. The van der Waals surface area contributed by atoms with E-state index in [9.17, 15) is 0 Å². The van der Waals surface area contributed by atoms with Crippen molar-refractivity contribution in [2.24, 2.45) is 0 Å². The van der Waals surface area contributed by atoms with Crippen LogP contribution in [-0.4, -0.2) is 8.41 Å². The predicted molar refractivity (Wildman–Crippen MR) is 12.7 cm³/mol. The zero-order valence-electron chi connectivity index (χ0n) is 2.25. The van der Waals surface area contributed by atoms with E-state index in [0.717, 1.165) is 0 Å². The Hall–Kier alpha value is 0.375. The molecule has 0 aromatic heterocycles. The van der Waals surface area contributed by atoms with E-state index in [1.165, 1.54) is 0 Å². The summed E-state index contributed by atoms with van der Waals surface area (Å²) in [5, 5.41) is 0. The van der Waals surface area contributed by atoms with Crippen molar-refractivity contribution in [1.29, 1.82) is 0 Å². The predicted octanol–water partition coefficient (Wildman–Crippen LogP) is -3.09. The summed E-state index contributed by atoms with van der Waals surface area (Å²) in [5.74, 6) is 0. The maximum atomic E-state index is 8.48. The number of hydrogen-bond acceptors (Lipinski definition) is 3. The normalized spacial score (nSPS) is 7.20. The molecule has 0 atom stereocenters. The van der Waals surface area contributed by atoms with E-state index >= 15 is 0 Å². The van der Waals surface area contributed by atoms with Crippen LogP contribution in [0.15, 0.2) is 0 Å². The van der Waals surface area contributed by atoms with Gasteiger partial charge in [-0.1, -0.05) is 0 Å². The van der Waals surface area contributed by atoms with E-state index in [2.05, 4.69) is 0 Å². The molecule has 0 amide bonds. The molecular formula is BO3P. The van der Waals surface area contributed by atoms with E-state index < -0.39 is 8.60 Å². The Morgan fingerprint density at radius 2 is 1.00 bits per heavy atom. The van der Waals surface area contributed by atoms with Gasteiger partial charge in [0.2, 0.25) is 0 Å². The van der Waals surface area contributed by atoms with Gasteiger partial charge >= 0.3 is 8.41 Å². The first kappa shape index (κ1) is 9.03. The van der Waals surface area contributed by atoms with Gasteiger partial charge in [0.25, 0.3) is 0 Å². The molecule has 0 aliphatic carbocycles. The average Bonchev–Trinajstić information content (AvgIpc) is 0.811. The molecule has 0 heterocycles. The van der Waals surface area contributed by atoms with E-state index in [4.69, 9.17) is 14.7 Å². The molecule has 0 radical (unpaired) electrons. The van der Waals surface area contributed by atoms with Gasteiger partial charge in [-0.3, -0.25) is 0 Å². The van der Waals surface area contributed by atoms with Crippen molar-refractivity contribution >= 4 is 17.0 Å². The summed E-state index contributed by atoms with van der Waals surface area (Å²) in [6.45, 7) is 0. The molecule has 3 nitrogen and oxygen atoms in total. The molecule has 0 aromatic rings. The van der Waals surface area contributed by atoms with Crippen molar-refractivity contribution in [2.75, 3.05) is 0 Å². The van der Waals surface area contributed by atoms with Crippen molar-refractivity contribution in [3.8, 4) is 0 Å². The second kappa shape index (κ2) is 4.37. The Balaban J connectivity index is 0. The van der Waals surface area contributed by atoms with Crippen LogP contribution in [0, 0.1) is 0 Å². The Bertz CT molecular complexity index is 11.6. The summed E-state index contributed by atoms with van der Waals surface area (Å²) in [6.07, 6.45) is 0. The Morgan fingerprint density at radius 3 is 1.00 bits per heavy atom. The van der Waals surface area contributed by atoms with Gasteiger partial charge in [0, 0.05) is 0 Å². The summed E-state index contributed by atoms with van der Waals surface area (Å²) in [6, 6.07) is 0. The van der Waals surface area contributed by atoms with Gasteiger partial charge in [-0.15, -0.1) is 0 Å². The van der Waals surface area contributed by atoms with Crippen LogP contribution in [0.2, 0.25) is 0 Å². The number of rotatable bonds is 0.